The van der Waals surface area contributed by atoms with E-state index in [9.17, 15) is 10.2 Å². The smallest absolute Gasteiger partial charge is 0.418 e. The van der Waals surface area contributed by atoms with Gasteiger partial charge in [0, 0.05) is 40.9 Å². The van der Waals surface area contributed by atoms with Gasteiger partial charge in [0.05, 0.1) is 22.4 Å². The first kappa shape index (κ1) is 187. The molecule has 11 saturated carbocycles. The van der Waals surface area contributed by atoms with E-state index in [1.807, 2.05) is 26.4 Å². The van der Waals surface area contributed by atoms with E-state index in [-0.39, 0.29) is 198 Å². The van der Waals surface area contributed by atoms with Crippen LogP contribution in [0, 0.1) is 119 Å². The van der Waals surface area contributed by atoms with Crippen LogP contribution in [0.15, 0.2) is 24.8 Å². The van der Waals surface area contributed by atoms with Crippen LogP contribution in [0.25, 0.3) is 0 Å². The van der Waals surface area contributed by atoms with Gasteiger partial charge in [0.15, 0.2) is 16.6 Å². The van der Waals surface area contributed by atoms with Gasteiger partial charge in [0.2, 0.25) is 8.32 Å². The molecule has 0 bridgehead atoms. The van der Waals surface area contributed by atoms with Gasteiger partial charge in [-0.25, -0.2) is 0 Å². The molecule has 0 aromatic heterocycles. The Hall–Kier alpha value is 2.67. The van der Waals surface area contributed by atoms with Gasteiger partial charge in [-0.05, 0) is 112 Å². The van der Waals surface area contributed by atoms with Crippen LogP contribution in [0.3, 0.4) is 0 Å². The number of carbonyl (C=O) groups excluding carboxylic acids is 3. The van der Waals surface area contributed by atoms with Crippen molar-refractivity contribution in [1.82, 2.24) is 0 Å². The molecule has 0 amide bonds. The summed E-state index contributed by atoms with van der Waals surface area (Å²) in [6.07, 6.45) is 84.9. The van der Waals surface area contributed by atoms with E-state index in [0.29, 0.717) is 12.5 Å². The van der Waals surface area contributed by atoms with Gasteiger partial charge in [-0.1, -0.05) is 444 Å². The summed E-state index contributed by atoms with van der Waals surface area (Å²) in [5.74, 6) is 5.03. The molecule has 0 aliphatic heterocycles. The molecule has 11 rings (SSSR count). The van der Waals surface area contributed by atoms with E-state index >= 15 is 0 Å². The molecule has 0 radical (unpaired) electrons. The van der Waals surface area contributed by atoms with Crippen molar-refractivity contribution in [2.75, 3.05) is 39.0 Å². The van der Waals surface area contributed by atoms with E-state index in [0.717, 1.165) is 78.3 Å². The number of rotatable bonds is 27. The molecule has 3 atom stereocenters. The standard InChI is InChI=1S/C12H26OSi.C11H24OSi.C10H22O2Si.C10H22OSi.C10H20OSi.C10H22Si.6C5H10.3CH2O.12CH3.6Fe/c1-4-13-14(2,3)11-7-10-12-8-5-6-9-12;1-4-12-13(2,3)10-9-11-7-5-6-8-11;1-12-13(2,9-11)8-7-10-5-3-4-6-10;1-9(12(2,3)8-11)10-6-4-5-7-10;1-5-10(2)7-6-8-12(3,4)9-11;1-9(11(2,3)4)10-7-5-6-8-10;6*1-2-4-5-3-1;3*1-2;;;;;;;;;;;;;;;;;;/h12H,4-11H2,1-3H3;11H,4-10H2,1-3H3;10-11H,3-9H2,1-2H3;9-11H,4-8H2,1-3H3;5,11H,1-2,6-9H2,3-4H3;9-10H,5-8H2,1-4H3;6*1-5H2;3*1H2;12*1H3;;;;;;/q;;;;;;;;;;;;;;;12*-1;6*+2. The summed E-state index contributed by atoms with van der Waals surface area (Å²) in [7, 11) is -5.90. The van der Waals surface area contributed by atoms with Crippen molar-refractivity contribution in [1.29, 1.82) is 0 Å². The molecule has 11 fully saturated rings. The van der Waals surface area contributed by atoms with Crippen molar-refractivity contribution in [3.05, 3.63) is 114 Å². The third-order valence-corrected chi connectivity index (χ3v) is 44.4. The Morgan fingerprint density at radius 2 is 0.558 bits per heavy atom. The first-order valence-electron chi connectivity index (χ1n) is 47.9. The molecule has 3 unspecified atom stereocenters. The molecule has 3 N–H and O–H groups in total. The Kier molecular flexibility index (Phi) is 184. The fourth-order valence-electron chi connectivity index (χ4n) is 17.6. The normalized spacial score (nSPS) is 17.3. The maximum atomic E-state index is 9.29. The molecular formula is C108H238Fe6O9Si6. The summed E-state index contributed by atoms with van der Waals surface area (Å²) in [6, 6.07) is 5.03. The minimum absolute atomic E-state index is 0. The van der Waals surface area contributed by atoms with E-state index < -0.39 is 49.2 Å². The molecule has 0 aromatic rings. The van der Waals surface area contributed by atoms with E-state index in [1.54, 1.807) is 7.11 Å². The van der Waals surface area contributed by atoms with Crippen LogP contribution in [0.1, 0.15) is 387 Å². The van der Waals surface area contributed by atoms with Crippen LogP contribution in [-0.4, -0.2) is 124 Å². The maximum Gasteiger partial charge on any atom is 2.00 e. The van der Waals surface area contributed by atoms with Gasteiger partial charge < -0.3 is 132 Å². The summed E-state index contributed by atoms with van der Waals surface area (Å²) in [4.78, 5) is 24.0. The molecule has 21 heteroatoms. The predicted molar refractivity (Wildman–Crippen MR) is 588 cm³/mol. The summed E-state index contributed by atoms with van der Waals surface area (Å²) < 4.78 is 17.1. The summed E-state index contributed by atoms with van der Waals surface area (Å²) >= 11 is 0. The second kappa shape index (κ2) is 127. The molecular weight excluding hydrogens is 1940 g/mol. The average molecular weight is 2180 g/mol. The zero-order chi connectivity index (χ0) is 84.4. The summed E-state index contributed by atoms with van der Waals surface area (Å²) in [5.41, 5.74) is 2.97. The van der Waals surface area contributed by atoms with Gasteiger partial charge in [-0.15, -0.1) is 0 Å². The minimum atomic E-state index is -1.71. The molecule has 9 nitrogen and oxygen atoms in total. The van der Waals surface area contributed by atoms with Crippen LogP contribution in [0.4, 0.5) is 0 Å². The van der Waals surface area contributed by atoms with E-state index in [1.165, 1.54) is 365 Å². The van der Waals surface area contributed by atoms with E-state index in [4.69, 9.17) is 32.8 Å². The molecule has 0 aromatic carbocycles. The molecule has 796 valence electrons. The quantitative estimate of drug-likeness (QED) is 0.0417. The SMILES string of the molecule is C1CCCC1.C1CCCC1.C1CCCC1.C1CCCC1.C1CCCC1.C1CCCC1.C=CC(=C)CCC[Si](C)(C)CO.C=O.C=O.C=O.CC(C1CCCC1)[Si](C)(C)C.CC(C1CCCC1)[Si](C)(C)CO.CCO[Si](C)(C)CCC1CCCC1.CCO[Si](C)(C)CCCC1CCCC1.CO[Si](C)(CO)CCC1CCCC1.[CH3-].[CH3-].[CH3-].[CH3-].[CH3-].[CH3-].[CH3-].[CH3-].[CH3-].[CH3-].[CH3-].[CH3-].[Fe+2].[Fe+2].[Fe+2].[Fe+2].[Fe+2].[Fe+2]. The van der Waals surface area contributed by atoms with Crippen LogP contribution >= 0.6 is 0 Å². The number of allylic oxidation sites excluding steroid dienone is 2. The van der Waals surface area contributed by atoms with Gasteiger partial charge in [0.1, 0.15) is 20.4 Å². The largest absolute Gasteiger partial charge is 2.00 e. The number of hydrogen-bond donors (Lipinski definition) is 3. The molecule has 11 aliphatic rings. The first-order valence-corrected chi connectivity index (χ1v) is 67.2. The Balaban J connectivity index is -0.0000000482. The second-order valence-electron chi connectivity index (χ2n) is 39.4. The Morgan fingerprint density at radius 3 is 0.775 bits per heavy atom. The van der Waals surface area contributed by atoms with Crippen molar-refractivity contribution < 1.29 is 145 Å². The number of carbonyl (C=O) groups is 3. The first-order chi connectivity index (χ1) is 53.1. The van der Waals surface area contributed by atoms with Crippen LogP contribution < -0.4 is 0 Å². The predicted octanol–water partition coefficient (Wildman–Crippen LogP) is 36.3. The maximum absolute atomic E-state index is 9.29. The van der Waals surface area contributed by atoms with Crippen molar-refractivity contribution in [2.24, 2.45) is 29.6 Å². The van der Waals surface area contributed by atoms with Crippen molar-refractivity contribution >= 4 is 69.5 Å². The fourth-order valence-corrected chi connectivity index (χ4v) is 28.1. The minimum Gasteiger partial charge on any atom is -0.418 e. The Bertz CT molecular complexity index is 1840. The third kappa shape index (κ3) is 118. The number of aliphatic hydroxyl groups is 3. The molecule has 0 heterocycles. The molecule has 0 saturated heterocycles. The van der Waals surface area contributed by atoms with Crippen molar-refractivity contribution in [3.8, 4) is 0 Å². The zero-order valence-electron chi connectivity index (χ0n) is 92.5. The van der Waals surface area contributed by atoms with Crippen molar-refractivity contribution in [2.45, 2.75) is 501 Å². The number of aliphatic hydroxyl groups excluding tert-OH is 3. The van der Waals surface area contributed by atoms with Gasteiger partial charge in [0.25, 0.3) is 0 Å². The van der Waals surface area contributed by atoms with Crippen molar-refractivity contribution in [3.63, 3.8) is 0 Å². The zero-order valence-corrected chi connectivity index (χ0v) is 105. The monoisotopic (exact) mass is 2180 g/mol. The van der Waals surface area contributed by atoms with Crippen LogP contribution in [-0.2, 0) is 130 Å². The fraction of sp³-hybridized carbons (Fsp3) is 0.824. The Morgan fingerprint density at radius 1 is 0.326 bits per heavy atom. The average Bonchev–Trinajstić information content (AvgIpc) is 1.49. The third-order valence-electron chi connectivity index (χ3n) is 26.7. The van der Waals surface area contributed by atoms with Crippen LogP contribution in [0.2, 0.25) is 114 Å². The topological polar surface area (TPSA) is 140 Å². The summed E-state index contributed by atoms with van der Waals surface area (Å²) in [6.45, 7) is 52.5. The Labute approximate surface area is 890 Å². The van der Waals surface area contributed by atoms with Gasteiger partial charge >= 0.3 is 102 Å². The van der Waals surface area contributed by atoms with Gasteiger partial charge in [-0.3, -0.25) is 0 Å². The summed E-state index contributed by atoms with van der Waals surface area (Å²) in [5, 5.41) is 27.5. The molecule has 129 heavy (non-hydrogen) atoms. The van der Waals surface area contributed by atoms with Crippen LogP contribution in [0.5, 0.6) is 0 Å². The second-order valence-corrected chi connectivity index (χ2v) is 68.2. The molecule has 11 aliphatic carbocycles. The van der Waals surface area contributed by atoms with E-state index in [2.05, 4.69) is 119 Å². The van der Waals surface area contributed by atoms with Gasteiger partial charge in [-0.2, -0.15) is 0 Å². The number of hydrogen-bond acceptors (Lipinski definition) is 9. The molecule has 0 spiro atoms.